The molecule has 0 atom stereocenters. The molecule has 8 heteroatoms. The number of esters is 1. The fourth-order valence-corrected chi connectivity index (χ4v) is 4.04. The van der Waals surface area contributed by atoms with Crippen molar-refractivity contribution < 1.29 is 24.1 Å². The molecule has 0 aliphatic carbocycles. The van der Waals surface area contributed by atoms with E-state index in [1.54, 1.807) is 17.8 Å². The molecule has 34 heavy (non-hydrogen) atoms. The number of benzene rings is 2. The summed E-state index contributed by atoms with van der Waals surface area (Å²) < 4.78 is 10.7. The van der Waals surface area contributed by atoms with E-state index in [9.17, 15) is 4.79 Å². The van der Waals surface area contributed by atoms with Crippen LogP contribution in [0.2, 0.25) is 0 Å². The van der Waals surface area contributed by atoms with Crippen LogP contribution in [0.3, 0.4) is 0 Å². The van der Waals surface area contributed by atoms with Crippen LogP contribution < -0.4 is 0 Å². The van der Waals surface area contributed by atoms with Crippen molar-refractivity contribution in [3.8, 4) is 0 Å². The first-order valence-electron chi connectivity index (χ1n) is 11.2. The van der Waals surface area contributed by atoms with Gasteiger partial charge in [-0.2, -0.15) is 4.89 Å². The molecule has 2 aromatic carbocycles. The van der Waals surface area contributed by atoms with E-state index in [1.807, 2.05) is 54.8 Å². The van der Waals surface area contributed by atoms with Gasteiger partial charge in [0, 0.05) is 23.5 Å². The molecule has 0 N–H and O–H groups in total. The van der Waals surface area contributed by atoms with Gasteiger partial charge in [-0.25, -0.2) is 9.78 Å². The third-order valence-corrected chi connectivity index (χ3v) is 6.46. The molecular weight excluding hydrogens is 452 g/mol. The maximum atomic E-state index is 12.1. The molecule has 0 bridgehead atoms. The Hall–Kier alpha value is -2.65. The van der Waals surface area contributed by atoms with Crippen molar-refractivity contribution >= 4 is 29.5 Å². The zero-order chi connectivity index (χ0) is 24.4. The van der Waals surface area contributed by atoms with Crippen LogP contribution in [-0.4, -0.2) is 61.3 Å². The first kappa shape index (κ1) is 26.0. The number of hydrogen-bond acceptors (Lipinski definition) is 8. The Kier molecular flexibility index (Phi) is 9.71. The zero-order valence-electron chi connectivity index (χ0n) is 20.0. The topological polar surface area (TPSA) is 69.6 Å². The van der Waals surface area contributed by atoms with Crippen molar-refractivity contribution in [1.82, 2.24) is 4.90 Å². The summed E-state index contributed by atoms with van der Waals surface area (Å²) in [5.41, 5.74) is 3.07. The Labute approximate surface area is 205 Å². The summed E-state index contributed by atoms with van der Waals surface area (Å²) in [6.45, 7) is 10.6. The molecule has 182 valence electrons. The van der Waals surface area contributed by atoms with E-state index < -0.39 is 11.5 Å². The zero-order valence-corrected chi connectivity index (χ0v) is 20.8. The van der Waals surface area contributed by atoms with Gasteiger partial charge in [-0.3, -0.25) is 4.90 Å². The van der Waals surface area contributed by atoms with E-state index in [0.29, 0.717) is 18.9 Å². The minimum Gasteiger partial charge on any atom is -0.459 e. The van der Waals surface area contributed by atoms with Crippen LogP contribution in [0.25, 0.3) is 6.08 Å². The number of morpholine rings is 1. The van der Waals surface area contributed by atoms with E-state index in [2.05, 4.69) is 30.5 Å². The normalized spacial score (nSPS) is 15.1. The van der Waals surface area contributed by atoms with Crippen LogP contribution in [0, 0.1) is 0 Å². The molecule has 1 fully saturated rings. The lowest BCUT2D eigenvalue weighted by atomic mass is 9.90. The lowest BCUT2D eigenvalue weighted by Gasteiger charge is -2.41. The number of thioether (sulfide) groups is 1. The van der Waals surface area contributed by atoms with Crippen LogP contribution >= 0.6 is 11.8 Å². The fraction of sp³-hybridized carbons (Fsp3) is 0.385. The molecule has 1 aliphatic rings. The van der Waals surface area contributed by atoms with E-state index in [0.717, 1.165) is 34.7 Å². The summed E-state index contributed by atoms with van der Waals surface area (Å²) in [4.78, 5) is 25.7. The van der Waals surface area contributed by atoms with Crippen molar-refractivity contribution in [2.75, 3.05) is 39.2 Å². The van der Waals surface area contributed by atoms with E-state index >= 15 is 0 Å². The Morgan fingerprint density at radius 3 is 2.44 bits per heavy atom. The van der Waals surface area contributed by atoms with E-state index in [4.69, 9.17) is 19.3 Å². The molecule has 0 aromatic heterocycles. The summed E-state index contributed by atoms with van der Waals surface area (Å²) >= 11 is 1.68. The number of nitrogens with zero attached hydrogens (tertiary/aromatic N) is 2. The van der Waals surface area contributed by atoms with Crippen molar-refractivity contribution in [2.45, 2.75) is 30.9 Å². The lowest BCUT2D eigenvalue weighted by Crippen LogP contribution is -2.54. The standard InChI is InChI=1S/C26H32N2O5S/c1-5-20-6-8-21(9-7-20)18-31-24(29)19-32-33-27-25(22-10-12-23(34-4)13-11-22)26(2,3)28-14-16-30-17-15-28/h5-13H,1,14-19H2,2-4H3. The summed E-state index contributed by atoms with van der Waals surface area (Å²) in [6.07, 6.45) is 3.79. The summed E-state index contributed by atoms with van der Waals surface area (Å²) in [5.74, 6) is -0.540. The number of hydrogen-bond donors (Lipinski definition) is 0. The third-order valence-electron chi connectivity index (χ3n) is 5.72. The first-order valence-corrected chi connectivity index (χ1v) is 12.4. The molecule has 3 rings (SSSR count). The highest BCUT2D eigenvalue weighted by molar-refractivity contribution is 7.98. The molecule has 0 amide bonds. The van der Waals surface area contributed by atoms with Gasteiger partial charge in [0.2, 0.25) is 0 Å². The molecule has 0 saturated carbocycles. The number of carbonyl (C=O) groups is 1. The fourth-order valence-electron chi connectivity index (χ4n) is 3.63. The van der Waals surface area contributed by atoms with Gasteiger partial charge in [0.1, 0.15) is 12.3 Å². The Morgan fingerprint density at radius 2 is 1.82 bits per heavy atom. The van der Waals surface area contributed by atoms with Crippen molar-refractivity contribution in [2.24, 2.45) is 5.16 Å². The van der Waals surface area contributed by atoms with Crippen molar-refractivity contribution in [3.63, 3.8) is 0 Å². The highest BCUT2D eigenvalue weighted by Gasteiger charge is 2.35. The van der Waals surface area contributed by atoms with Gasteiger partial charge < -0.3 is 9.47 Å². The average Bonchev–Trinajstić information content (AvgIpc) is 2.88. The molecule has 1 aliphatic heterocycles. The molecular formula is C26H32N2O5S. The quantitative estimate of drug-likeness (QED) is 0.116. The van der Waals surface area contributed by atoms with Crippen LogP contribution in [0.5, 0.6) is 0 Å². The van der Waals surface area contributed by atoms with Gasteiger partial charge in [0.05, 0.1) is 18.8 Å². The predicted octanol–water partition coefficient (Wildman–Crippen LogP) is 4.56. The van der Waals surface area contributed by atoms with Crippen molar-refractivity contribution in [1.29, 1.82) is 0 Å². The van der Waals surface area contributed by atoms with Crippen LogP contribution in [0.4, 0.5) is 0 Å². The Bertz CT molecular complexity index is 968. The van der Waals surface area contributed by atoms with E-state index in [1.165, 1.54) is 0 Å². The summed E-state index contributed by atoms with van der Waals surface area (Å²) in [7, 11) is 0. The predicted molar refractivity (Wildman–Crippen MR) is 135 cm³/mol. The van der Waals surface area contributed by atoms with Gasteiger partial charge in [-0.1, -0.05) is 49.1 Å². The molecule has 0 spiro atoms. The Balaban J connectivity index is 1.61. The maximum Gasteiger partial charge on any atom is 0.337 e. The summed E-state index contributed by atoms with van der Waals surface area (Å²) in [6, 6.07) is 15.7. The second-order valence-electron chi connectivity index (χ2n) is 8.27. The maximum absolute atomic E-state index is 12.1. The molecule has 0 unspecified atom stereocenters. The van der Waals surface area contributed by atoms with Gasteiger partial charge >= 0.3 is 5.97 Å². The highest BCUT2D eigenvalue weighted by Crippen LogP contribution is 2.25. The lowest BCUT2D eigenvalue weighted by molar-refractivity contribution is -0.294. The number of carbonyl (C=O) groups excluding carboxylic acids is 1. The van der Waals surface area contributed by atoms with E-state index in [-0.39, 0.29) is 13.2 Å². The number of ether oxygens (including phenoxy) is 2. The average molecular weight is 485 g/mol. The van der Waals surface area contributed by atoms with Crippen LogP contribution in [-0.2, 0) is 30.8 Å². The second-order valence-corrected chi connectivity index (χ2v) is 9.15. The van der Waals surface area contributed by atoms with Crippen LogP contribution in [0.1, 0.15) is 30.5 Å². The Morgan fingerprint density at radius 1 is 1.15 bits per heavy atom. The SMILES string of the molecule is C=Cc1ccc(COC(=O)COON=C(c2ccc(SC)cc2)C(C)(C)N2CCOCC2)cc1. The molecule has 1 saturated heterocycles. The third kappa shape index (κ3) is 7.17. The van der Waals surface area contributed by atoms with Gasteiger partial charge in [-0.15, -0.1) is 11.8 Å². The molecule has 0 radical (unpaired) electrons. The largest absolute Gasteiger partial charge is 0.459 e. The molecule has 7 nitrogen and oxygen atoms in total. The second kappa shape index (κ2) is 12.7. The first-order chi connectivity index (χ1) is 16.4. The number of oxime groups is 1. The van der Waals surface area contributed by atoms with Crippen LogP contribution in [0.15, 0.2) is 65.2 Å². The van der Waals surface area contributed by atoms with Gasteiger partial charge in [-0.05, 0) is 48.5 Å². The number of rotatable bonds is 11. The smallest absolute Gasteiger partial charge is 0.337 e. The monoisotopic (exact) mass is 484 g/mol. The molecule has 2 aromatic rings. The molecule has 1 heterocycles. The summed E-state index contributed by atoms with van der Waals surface area (Å²) in [5, 5.41) is 4.29. The van der Waals surface area contributed by atoms with Gasteiger partial charge in [0.25, 0.3) is 0 Å². The minimum absolute atomic E-state index is 0.153. The highest BCUT2D eigenvalue weighted by atomic mass is 32.2. The van der Waals surface area contributed by atoms with Gasteiger partial charge in [0.15, 0.2) is 6.61 Å². The minimum atomic E-state index is -0.540. The van der Waals surface area contributed by atoms with Crippen molar-refractivity contribution in [3.05, 3.63) is 71.8 Å².